The third-order valence-electron chi connectivity index (χ3n) is 9.09. The van der Waals surface area contributed by atoms with Gasteiger partial charge in [0.1, 0.15) is 5.76 Å². The van der Waals surface area contributed by atoms with Crippen LogP contribution in [0, 0.1) is 5.41 Å². The van der Waals surface area contributed by atoms with Crippen molar-refractivity contribution >= 4 is 23.9 Å². The number of carbonyl (C=O) groups excluding carboxylic acids is 2. The van der Waals surface area contributed by atoms with Gasteiger partial charge in [-0.15, -0.1) is 0 Å². The van der Waals surface area contributed by atoms with Crippen molar-refractivity contribution in [3.63, 3.8) is 0 Å². The molecule has 208 valence electrons. The Kier molecular flexibility index (Phi) is 5.54. The minimum Gasteiger partial charge on any atom is -0.493 e. The first-order chi connectivity index (χ1) is 18.5. The van der Waals surface area contributed by atoms with Crippen molar-refractivity contribution < 1.29 is 53.4 Å². The number of hydrogen-bond donors (Lipinski definition) is 3. The summed E-state index contributed by atoms with van der Waals surface area (Å²) in [4.78, 5) is 49.0. The summed E-state index contributed by atoms with van der Waals surface area (Å²) in [6.45, 7) is 0.839. The van der Waals surface area contributed by atoms with E-state index in [1.165, 1.54) is 0 Å². The lowest BCUT2D eigenvalue weighted by Gasteiger charge is -2.56. The summed E-state index contributed by atoms with van der Waals surface area (Å²) in [7, 11) is 3.55. The van der Waals surface area contributed by atoms with E-state index in [0.29, 0.717) is 17.9 Å². The molecule has 1 saturated carbocycles. The summed E-state index contributed by atoms with van der Waals surface area (Å²) < 4.78 is 22.5. The fraction of sp³-hybridized carbons (Fsp3) is 0.556. The molecule has 6 rings (SSSR count). The minimum absolute atomic E-state index is 0.0864. The molecule has 3 aliphatic carbocycles. The lowest BCUT2D eigenvalue weighted by atomic mass is 9.59. The van der Waals surface area contributed by atoms with Gasteiger partial charge in [0, 0.05) is 30.0 Å². The Balaban J connectivity index is 1.23. The number of likely N-dealkylation sites (tertiary alicyclic amines) is 1. The summed E-state index contributed by atoms with van der Waals surface area (Å²) in [5.74, 6) is -3.50. The van der Waals surface area contributed by atoms with Gasteiger partial charge in [0.25, 0.3) is 0 Å². The maximum atomic E-state index is 12.8. The molecule has 1 unspecified atom stereocenters. The Morgan fingerprint density at radius 2 is 1.92 bits per heavy atom. The molecule has 0 amide bonds. The Morgan fingerprint density at radius 3 is 2.59 bits per heavy atom. The van der Waals surface area contributed by atoms with E-state index in [1.54, 1.807) is 13.2 Å². The van der Waals surface area contributed by atoms with Crippen LogP contribution in [-0.2, 0) is 40.5 Å². The molecule has 6 atom stereocenters. The SMILES string of the molecule is COc1ccc2c3c1O[C@H]1C(OC(=O)CCC(=O)O[C@@H](CC(=O)O)C(=O)O)=CC[C@@]4(O)[C@@H]5N(C)CC5(C2)C[C@]314. The average Bonchev–Trinajstić information content (AvgIpc) is 3.28. The third kappa shape index (κ3) is 3.37. The normalized spacial score (nSPS) is 33.5. The fourth-order valence-corrected chi connectivity index (χ4v) is 8.09. The lowest BCUT2D eigenvalue weighted by Crippen LogP contribution is -2.70. The molecule has 1 saturated heterocycles. The van der Waals surface area contributed by atoms with Crippen LogP contribution in [0.5, 0.6) is 11.5 Å². The summed E-state index contributed by atoms with van der Waals surface area (Å²) in [6, 6.07) is 3.80. The molecule has 2 heterocycles. The Morgan fingerprint density at radius 1 is 1.18 bits per heavy atom. The van der Waals surface area contributed by atoms with Gasteiger partial charge >= 0.3 is 23.9 Å². The molecule has 0 radical (unpaired) electrons. The molecule has 1 aromatic carbocycles. The molecular weight excluding hydrogens is 514 g/mol. The second kappa shape index (κ2) is 8.43. The van der Waals surface area contributed by atoms with E-state index in [-0.39, 0.29) is 23.6 Å². The maximum Gasteiger partial charge on any atom is 0.345 e. The average molecular weight is 544 g/mol. The molecule has 2 bridgehead atoms. The zero-order chi connectivity index (χ0) is 27.9. The number of methoxy groups -OCH3 is 1. The van der Waals surface area contributed by atoms with Gasteiger partial charge in [-0.3, -0.25) is 19.3 Å². The van der Waals surface area contributed by atoms with E-state index in [1.807, 2.05) is 19.2 Å². The number of carbonyl (C=O) groups is 4. The topological polar surface area (TPSA) is 169 Å². The molecule has 0 aromatic heterocycles. The van der Waals surface area contributed by atoms with E-state index in [2.05, 4.69) is 4.90 Å². The van der Waals surface area contributed by atoms with Crippen molar-refractivity contribution in [2.24, 2.45) is 5.41 Å². The van der Waals surface area contributed by atoms with Crippen molar-refractivity contribution in [2.45, 2.75) is 67.8 Å². The summed E-state index contributed by atoms with van der Waals surface area (Å²) in [5, 5.41) is 30.2. The number of nitrogens with zero attached hydrogens (tertiary/aromatic N) is 1. The second-order valence-electron chi connectivity index (χ2n) is 11.3. The van der Waals surface area contributed by atoms with E-state index in [4.69, 9.17) is 29.2 Å². The Bertz CT molecular complexity index is 1340. The largest absolute Gasteiger partial charge is 0.493 e. The van der Waals surface area contributed by atoms with E-state index < -0.39 is 66.4 Å². The van der Waals surface area contributed by atoms with E-state index in [0.717, 1.165) is 24.1 Å². The predicted molar refractivity (Wildman–Crippen MR) is 129 cm³/mol. The number of carboxylic acid groups (broad SMARTS) is 2. The van der Waals surface area contributed by atoms with Gasteiger partial charge in [0.2, 0.25) is 6.10 Å². The van der Waals surface area contributed by atoms with Crippen molar-refractivity contribution in [1.29, 1.82) is 0 Å². The van der Waals surface area contributed by atoms with Gasteiger partial charge in [-0.25, -0.2) is 4.79 Å². The van der Waals surface area contributed by atoms with E-state index in [9.17, 15) is 24.3 Å². The Labute approximate surface area is 223 Å². The van der Waals surface area contributed by atoms with Crippen LogP contribution in [-0.4, -0.2) is 88.6 Å². The molecule has 5 aliphatic rings. The molecule has 12 nitrogen and oxygen atoms in total. The quantitative estimate of drug-likeness (QED) is 0.375. The van der Waals surface area contributed by atoms with Crippen LogP contribution in [0.1, 0.15) is 43.2 Å². The monoisotopic (exact) mass is 543 g/mol. The van der Waals surface area contributed by atoms with Gasteiger partial charge in [0.15, 0.2) is 17.6 Å². The number of carboxylic acids is 2. The van der Waals surface area contributed by atoms with Crippen molar-refractivity contribution in [1.82, 2.24) is 4.90 Å². The van der Waals surface area contributed by atoms with Crippen LogP contribution in [0.25, 0.3) is 0 Å². The first-order valence-corrected chi connectivity index (χ1v) is 12.8. The number of rotatable bonds is 9. The lowest BCUT2D eigenvalue weighted by molar-refractivity contribution is -0.168. The first kappa shape index (κ1) is 25.6. The minimum atomic E-state index is -1.85. The zero-order valence-corrected chi connectivity index (χ0v) is 21.5. The molecule has 12 heteroatoms. The first-order valence-electron chi connectivity index (χ1n) is 12.8. The molecule has 2 fully saturated rings. The standard InChI is InChI=1S/C27H29NO11/c1-28-12-25-10-13-3-4-14(36-2)21-20(13)26(11-25)22(39-21)15(7-8-27(26,35)24(25)28)37-18(31)5-6-19(32)38-16(23(33)34)9-17(29)30/h3-4,7,16,22,24,35H,5-6,8-12H2,1-2H3,(H,29,30)(H,33,34)/t16-,22-,24+,25?,26-,27+/m0/s1. The second-order valence-corrected chi connectivity index (χ2v) is 11.3. The summed E-state index contributed by atoms with van der Waals surface area (Å²) in [6.07, 6.45) is -1.03. The van der Waals surface area contributed by atoms with Crippen LogP contribution < -0.4 is 9.47 Å². The number of esters is 2. The predicted octanol–water partition coefficient (Wildman–Crippen LogP) is 0.767. The smallest absolute Gasteiger partial charge is 0.345 e. The molecule has 3 N–H and O–H groups in total. The van der Waals surface area contributed by atoms with Crippen molar-refractivity contribution in [2.75, 3.05) is 20.7 Å². The number of benzene rings is 1. The number of likely N-dealkylation sites (N-methyl/N-ethyl adjacent to an activating group) is 1. The Hall–Kier alpha value is -3.64. The van der Waals surface area contributed by atoms with Crippen LogP contribution in [0.3, 0.4) is 0 Å². The molecule has 39 heavy (non-hydrogen) atoms. The number of hydrogen-bond acceptors (Lipinski definition) is 10. The molecule has 1 aromatic rings. The van der Waals surface area contributed by atoms with Gasteiger partial charge in [-0.05, 0) is 37.6 Å². The summed E-state index contributed by atoms with van der Waals surface area (Å²) in [5.41, 5.74) is -0.107. The van der Waals surface area contributed by atoms with Gasteiger partial charge in [-0.2, -0.15) is 0 Å². The number of fused-ring (bicyclic) bond motifs is 1. The number of aliphatic carboxylic acids is 2. The van der Waals surface area contributed by atoms with Crippen molar-refractivity contribution in [3.8, 4) is 11.5 Å². The van der Waals surface area contributed by atoms with Crippen LogP contribution in [0.15, 0.2) is 24.0 Å². The highest BCUT2D eigenvalue weighted by Gasteiger charge is 2.82. The number of ether oxygens (including phenoxy) is 4. The van der Waals surface area contributed by atoms with Crippen molar-refractivity contribution in [3.05, 3.63) is 35.1 Å². The van der Waals surface area contributed by atoms with Crippen LogP contribution >= 0.6 is 0 Å². The maximum absolute atomic E-state index is 12.8. The van der Waals surface area contributed by atoms with Gasteiger partial charge in [0.05, 0.1) is 37.4 Å². The van der Waals surface area contributed by atoms with Gasteiger partial charge in [-0.1, -0.05) is 6.07 Å². The highest BCUT2D eigenvalue weighted by Crippen LogP contribution is 2.75. The van der Waals surface area contributed by atoms with E-state index >= 15 is 0 Å². The molecular formula is C27H29NO11. The third-order valence-corrected chi connectivity index (χ3v) is 9.09. The highest BCUT2D eigenvalue weighted by molar-refractivity contribution is 5.84. The highest BCUT2D eigenvalue weighted by atomic mass is 16.6. The van der Waals surface area contributed by atoms with Crippen LogP contribution in [0.2, 0.25) is 0 Å². The molecule has 2 aliphatic heterocycles. The number of aliphatic hydroxyl groups is 1. The zero-order valence-electron chi connectivity index (χ0n) is 21.5. The fourth-order valence-electron chi connectivity index (χ4n) is 8.09. The van der Waals surface area contributed by atoms with Crippen LogP contribution in [0.4, 0.5) is 0 Å². The summed E-state index contributed by atoms with van der Waals surface area (Å²) >= 11 is 0. The molecule has 2 spiro atoms. The van der Waals surface area contributed by atoms with Gasteiger partial charge < -0.3 is 34.3 Å².